The van der Waals surface area contributed by atoms with E-state index >= 15 is 0 Å². The number of carbonyl (C=O) groups is 1. The van der Waals surface area contributed by atoms with Gasteiger partial charge in [0.2, 0.25) is 5.91 Å². The maximum Gasteiger partial charge on any atom is 0.220 e. The summed E-state index contributed by atoms with van der Waals surface area (Å²) in [5.74, 6) is 0.00315. The van der Waals surface area contributed by atoms with E-state index in [1.165, 1.54) is 0 Å². The third-order valence-corrected chi connectivity index (χ3v) is 1.29. The Hall–Kier alpha value is -0.570. The van der Waals surface area contributed by atoms with Gasteiger partial charge < -0.3 is 10.4 Å². The Kier molecular flexibility index (Phi) is 4.24. The molecule has 0 radical (unpaired) electrons. The molecule has 1 amide bonds. The molecule has 0 rings (SSSR count). The molecule has 3 heteroatoms. The quantitative estimate of drug-likeness (QED) is 0.666. The van der Waals surface area contributed by atoms with Crippen molar-refractivity contribution >= 4 is 5.91 Å². The van der Waals surface area contributed by atoms with Gasteiger partial charge >= 0.3 is 0 Å². The Labute approximate surface area is 74.2 Å². The van der Waals surface area contributed by atoms with Crippen molar-refractivity contribution in [2.75, 3.05) is 6.54 Å². The van der Waals surface area contributed by atoms with Crippen LogP contribution in [0.4, 0.5) is 0 Å². The molecule has 0 aliphatic rings. The van der Waals surface area contributed by atoms with Crippen molar-refractivity contribution in [2.45, 2.75) is 40.2 Å². The van der Waals surface area contributed by atoms with Crippen LogP contribution in [0, 0.1) is 5.41 Å². The van der Waals surface area contributed by atoms with Crippen molar-refractivity contribution in [1.82, 2.24) is 5.32 Å². The Morgan fingerprint density at radius 3 is 2.33 bits per heavy atom. The van der Waals surface area contributed by atoms with Gasteiger partial charge in [0.05, 0.1) is 6.10 Å². The van der Waals surface area contributed by atoms with Crippen LogP contribution in [-0.2, 0) is 4.79 Å². The van der Waals surface area contributed by atoms with Crippen LogP contribution < -0.4 is 5.32 Å². The number of carbonyl (C=O) groups excluding carboxylic acids is 1. The summed E-state index contributed by atoms with van der Waals surface area (Å²) in [6, 6.07) is 0. The summed E-state index contributed by atoms with van der Waals surface area (Å²) < 4.78 is 0. The molecule has 0 aliphatic carbocycles. The maximum atomic E-state index is 11.1. The third kappa shape index (κ3) is 7.54. The smallest absolute Gasteiger partial charge is 0.220 e. The first kappa shape index (κ1) is 11.4. The van der Waals surface area contributed by atoms with E-state index in [1.807, 2.05) is 20.8 Å². The number of rotatable bonds is 3. The highest BCUT2D eigenvalue weighted by Gasteiger charge is 2.15. The number of hydrogen-bond donors (Lipinski definition) is 2. The lowest BCUT2D eigenvalue weighted by Gasteiger charge is -2.17. The molecule has 1 unspecified atom stereocenters. The molecule has 0 bridgehead atoms. The molecule has 1 atom stereocenters. The van der Waals surface area contributed by atoms with Gasteiger partial charge in [-0.25, -0.2) is 0 Å². The molecule has 0 aromatic rings. The summed E-state index contributed by atoms with van der Waals surface area (Å²) in [4.78, 5) is 11.1. The Morgan fingerprint density at radius 2 is 2.00 bits per heavy atom. The van der Waals surface area contributed by atoms with Gasteiger partial charge in [-0.2, -0.15) is 0 Å². The SMILES string of the molecule is CC(O)CNC(=O)CC(C)(C)C. The second-order valence-corrected chi connectivity index (χ2v) is 4.39. The molecular formula is C9H19NO2. The first-order valence-corrected chi connectivity index (χ1v) is 4.26. The van der Waals surface area contributed by atoms with Gasteiger partial charge in [-0.1, -0.05) is 20.8 Å². The van der Waals surface area contributed by atoms with E-state index in [-0.39, 0.29) is 11.3 Å². The number of hydrogen-bond acceptors (Lipinski definition) is 2. The van der Waals surface area contributed by atoms with Crippen molar-refractivity contribution in [1.29, 1.82) is 0 Å². The van der Waals surface area contributed by atoms with Gasteiger partial charge in [0.15, 0.2) is 0 Å². The lowest BCUT2D eigenvalue weighted by atomic mass is 9.92. The van der Waals surface area contributed by atoms with E-state index < -0.39 is 6.10 Å². The fourth-order valence-electron chi connectivity index (χ4n) is 0.806. The Bertz CT molecular complexity index is 147. The monoisotopic (exact) mass is 173 g/mol. The maximum absolute atomic E-state index is 11.1. The standard InChI is InChI=1S/C9H19NO2/c1-7(11)6-10-8(12)5-9(2,3)4/h7,11H,5-6H2,1-4H3,(H,10,12). The van der Waals surface area contributed by atoms with E-state index in [1.54, 1.807) is 6.92 Å². The number of amides is 1. The predicted molar refractivity (Wildman–Crippen MR) is 48.8 cm³/mol. The van der Waals surface area contributed by atoms with Crippen LogP contribution in [0.3, 0.4) is 0 Å². The van der Waals surface area contributed by atoms with E-state index in [2.05, 4.69) is 5.32 Å². The minimum atomic E-state index is -0.464. The van der Waals surface area contributed by atoms with Crippen LogP contribution >= 0.6 is 0 Å². The van der Waals surface area contributed by atoms with Gasteiger partial charge in [-0.3, -0.25) is 4.79 Å². The minimum absolute atomic E-state index is 0.00315. The van der Waals surface area contributed by atoms with Crippen molar-refractivity contribution < 1.29 is 9.90 Å². The average molecular weight is 173 g/mol. The van der Waals surface area contributed by atoms with Crippen molar-refractivity contribution in [3.63, 3.8) is 0 Å². The van der Waals surface area contributed by atoms with Crippen LogP contribution in [0.25, 0.3) is 0 Å². The molecule has 0 spiro atoms. The average Bonchev–Trinajstić information content (AvgIpc) is 1.79. The molecule has 0 fully saturated rings. The molecule has 12 heavy (non-hydrogen) atoms. The first-order valence-electron chi connectivity index (χ1n) is 4.26. The van der Waals surface area contributed by atoms with Crippen molar-refractivity contribution in [3.05, 3.63) is 0 Å². The first-order chi connectivity index (χ1) is 5.31. The van der Waals surface area contributed by atoms with Crippen LogP contribution in [0.2, 0.25) is 0 Å². The van der Waals surface area contributed by atoms with E-state index in [4.69, 9.17) is 5.11 Å². The van der Waals surface area contributed by atoms with Crippen LogP contribution in [0.1, 0.15) is 34.1 Å². The van der Waals surface area contributed by atoms with E-state index in [9.17, 15) is 4.79 Å². The second-order valence-electron chi connectivity index (χ2n) is 4.39. The lowest BCUT2D eigenvalue weighted by Crippen LogP contribution is -2.32. The molecule has 2 N–H and O–H groups in total. The Morgan fingerprint density at radius 1 is 1.50 bits per heavy atom. The van der Waals surface area contributed by atoms with Gasteiger partial charge in [0.1, 0.15) is 0 Å². The van der Waals surface area contributed by atoms with Crippen LogP contribution in [0.5, 0.6) is 0 Å². The summed E-state index contributed by atoms with van der Waals surface area (Å²) in [5.41, 5.74) is 0.0166. The van der Waals surface area contributed by atoms with Crippen LogP contribution in [0.15, 0.2) is 0 Å². The van der Waals surface area contributed by atoms with E-state index in [0.29, 0.717) is 13.0 Å². The largest absolute Gasteiger partial charge is 0.392 e. The molecule has 72 valence electrons. The fraction of sp³-hybridized carbons (Fsp3) is 0.889. The summed E-state index contributed by atoms with van der Waals surface area (Å²) >= 11 is 0. The summed E-state index contributed by atoms with van der Waals surface area (Å²) in [5, 5.41) is 11.5. The zero-order valence-corrected chi connectivity index (χ0v) is 8.35. The normalized spacial score (nSPS) is 14.1. The summed E-state index contributed by atoms with van der Waals surface area (Å²) in [6.07, 6.45) is 0.0358. The summed E-state index contributed by atoms with van der Waals surface area (Å²) in [7, 11) is 0. The predicted octanol–water partition coefficient (Wildman–Crippen LogP) is 0.920. The molecule has 0 heterocycles. The molecule has 0 aromatic heterocycles. The van der Waals surface area contributed by atoms with E-state index in [0.717, 1.165) is 0 Å². The van der Waals surface area contributed by atoms with Crippen molar-refractivity contribution in [3.8, 4) is 0 Å². The minimum Gasteiger partial charge on any atom is -0.392 e. The second kappa shape index (κ2) is 4.45. The number of nitrogens with one attached hydrogen (secondary N) is 1. The number of aliphatic hydroxyl groups excluding tert-OH is 1. The number of aliphatic hydroxyl groups is 1. The summed E-state index contributed by atoms with van der Waals surface area (Å²) in [6.45, 7) is 8.02. The highest BCUT2D eigenvalue weighted by atomic mass is 16.3. The molecule has 3 nitrogen and oxygen atoms in total. The van der Waals surface area contributed by atoms with Gasteiger partial charge in [-0.15, -0.1) is 0 Å². The molecule has 0 aliphatic heterocycles. The zero-order chi connectivity index (χ0) is 9.78. The molecule has 0 saturated carbocycles. The van der Waals surface area contributed by atoms with Crippen LogP contribution in [-0.4, -0.2) is 23.7 Å². The fourth-order valence-corrected chi connectivity index (χ4v) is 0.806. The molecule has 0 saturated heterocycles. The lowest BCUT2D eigenvalue weighted by molar-refractivity contribution is -0.123. The van der Waals surface area contributed by atoms with Gasteiger partial charge in [-0.05, 0) is 12.3 Å². The molecular weight excluding hydrogens is 154 g/mol. The third-order valence-electron chi connectivity index (χ3n) is 1.29. The van der Waals surface area contributed by atoms with Gasteiger partial charge in [0, 0.05) is 13.0 Å². The zero-order valence-electron chi connectivity index (χ0n) is 8.35. The highest BCUT2D eigenvalue weighted by molar-refractivity contribution is 5.76. The van der Waals surface area contributed by atoms with Gasteiger partial charge in [0.25, 0.3) is 0 Å². The highest BCUT2D eigenvalue weighted by Crippen LogP contribution is 2.17. The Balaban J connectivity index is 3.61. The van der Waals surface area contributed by atoms with Crippen molar-refractivity contribution in [2.24, 2.45) is 5.41 Å². The topological polar surface area (TPSA) is 49.3 Å². The molecule has 0 aromatic carbocycles.